The molecule has 1 aliphatic rings. The second-order valence-corrected chi connectivity index (χ2v) is 6.92. The number of anilines is 2. The van der Waals surface area contributed by atoms with Crippen LogP contribution in [0, 0.1) is 0 Å². The second kappa shape index (κ2) is 6.34. The van der Waals surface area contributed by atoms with Gasteiger partial charge in [-0.05, 0) is 23.3 Å². The van der Waals surface area contributed by atoms with Gasteiger partial charge in [0.1, 0.15) is 22.4 Å². The Labute approximate surface area is 153 Å². The third kappa shape index (κ3) is 2.76. The highest BCUT2D eigenvalue weighted by Gasteiger charge is 2.19. The molecule has 1 N–H and O–H groups in total. The normalized spacial score (nSPS) is 12.3. The van der Waals surface area contributed by atoms with E-state index in [4.69, 9.17) is 4.74 Å². The lowest BCUT2D eigenvalue weighted by atomic mass is 10.1. The number of amides is 1. The Hall–Kier alpha value is -3.07. The van der Waals surface area contributed by atoms with Crippen molar-refractivity contribution in [2.45, 2.75) is 6.54 Å². The molecule has 0 spiro atoms. The van der Waals surface area contributed by atoms with E-state index in [0.29, 0.717) is 33.5 Å². The monoisotopic (exact) mass is 368 g/mol. The van der Waals surface area contributed by atoms with Crippen LogP contribution in [0.4, 0.5) is 11.5 Å². The number of nitrogens with one attached hydrogen (secondary N) is 1. The average Bonchev–Trinajstić information content (AvgIpc) is 3.26. The summed E-state index contributed by atoms with van der Waals surface area (Å²) in [5.74, 6) is 1.06. The first-order chi connectivity index (χ1) is 12.6. The Balaban J connectivity index is 1.76. The number of hydrogen-bond donors (Lipinski definition) is 1. The summed E-state index contributed by atoms with van der Waals surface area (Å²) in [5.41, 5.74) is 3.47. The summed E-state index contributed by atoms with van der Waals surface area (Å²) in [6.45, 7) is 0.659. The Kier molecular flexibility index (Phi) is 4.00. The minimum absolute atomic E-state index is 0.162. The van der Waals surface area contributed by atoms with Crippen LogP contribution in [0.15, 0.2) is 23.5 Å². The Morgan fingerprint density at radius 2 is 2.15 bits per heavy atom. The number of hydrogen-bond acceptors (Lipinski definition) is 8. The van der Waals surface area contributed by atoms with Gasteiger partial charge in [0.2, 0.25) is 0 Å². The molecule has 0 atom stereocenters. The number of methoxy groups -OCH3 is 1. The Bertz CT molecular complexity index is 1040. The van der Waals surface area contributed by atoms with Gasteiger partial charge < -0.3 is 15.0 Å². The van der Waals surface area contributed by atoms with Gasteiger partial charge in [0.25, 0.3) is 5.91 Å². The predicted molar refractivity (Wildman–Crippen MR) is 101 cm³/mol. The molecule has 3 aromatic rings. The van der Waals surface area contributed by atoms with Crippen molar-refractivity contribution >= 4 is 45.3 Å². The van der Waals surface area contributed by atoms with Gasteiger partial charge in [0.15, 0.2) is 10.8 Å². The number of aromatic nitrogens is 3. The van der Waals surface area contributed by atoms with E-state index in [1.54, 1.807) is 21.2 Å². The molecule has 0 bridgehead atoms. The zero-order valence-corrected chi connectivity index (χ0v) is 15.3. The number of benzene rings is 1. The van der Waals surface area contributed by atoms with Crippen molar-refractivity contribution in [3.63, 3.8) is 0 Å². The maximum atomic E-state index is 12.2. The third-order valence-electron chi connectivity index (χ3n) is 3.99. The molecule has 8 nitrogen and oxygen atoms in total. The fraction of sp³-hybridized carbons (Fsp3) is 0.235. The van der Waals surface area contributed by atoms with Crippen LogP contribution in [0.5, 0.6) is 5.75 Å². The minimum Gasteiger partial charge on any atom is -0.495 e. The van der Waals surface area contributed by atoms with Crippen LogP contribution in [0.2, 0.25) is 0 Å². The molecule has 26 heavy (non-hydrogen) atoms. The zero-order chi connectivity index (χ0) is 18.3. The largest absolute Gasteiger partial charge is 0.495 e. The molecule has 9 heteroatoms. The van der Waals surface area contributed by atoms with Crippen molar-refractivity contribution in [2.24, 2.45) is 4.99 Å². The molecule has 3 heterocycles. The van der Waals surface area contributed by atoms with Crippen molar-refractivity contribution in [3.05, 3.63) is 34.6 Å². The lowest BCUT2D eigenvalue weighted by Gasteiger charge is -2.12. The van der Waals surface area contributed by atoms with Crippen LogP contribution >= 0.6 is 11.3 Å². The van der Waals surface area contributed by atoms with Crippen molar-refractivity contribution in [1.82, 2.24) is 19.9 Å². The highest BCUT2D eigenvalue weighted by molar-refractivity contribution is 7.19. The molecular formula is C17H16N6O2S. The SMILES string of the molecule is COc1cc2c(cc1Nc1ncnc3sc(C(=O)N(C)C)nc13)C=NC2. The van der Waals surface area contributed by atoms with Crippen LogP contribution in [0.25, 0.3) is 10.3 Å². The highest BCUT2D eigenvalue weighted by atomic mass is 32.1. The van der Waals surface area contributed by atoms with Gasteiger partial charge in [0, 0.05) is 20.3 Å². The van der Waals surface area contributed by atoms with E-state index in [1.165, 1.54) is 22.6 Å². The van der Waals surface area contributed by atoms with E-state index in [-0.39, 0.29) is 5.91 Å². The molecule has 1 aliphatic heterocycles. The molecule has 0 saturated heterocycles. The predicted octanol–water partition coefficient (Wildman–Crippen LogP) is 2.47. The summed E-state index contributed by atoms with van der Waals surface area (Å²) in [5, 5.41) is 3.64. The van der Waals surface area contributed by atoms with Crippen molar-refractivity contribution in [1.29, 1.82) is 0 Å². The average molecular weight is 368 g/mol. The summed E-state index contributed by atoms with van der Waals surface area (Å²) in [6, 6.07) is 3.93. The first kappa shape index (κ1) is 16.4. The Morgan fingerprint density at radius 3 is 2.92 bits per heavy atom. The van der Waals surface area contributed by atoms with Crippen molar-refractivity contribution in [2.75, 3.05) is 26.5 Å². The fourth-order valence-corrected chi connectivity index (χ4v) is 3.59. The van der Waals surface area contributed by atoms with E-state index in [2.05, 4.69) is 25.3 Å². The summed E-state index contributed by atoms with van der Waals surface area (Å²) >= 11 is 1.24. The van der Waals surface area contributed by atoms with Crippen LogP contribution in [-0.2, 0) is 6.54 Å². The summed E-state index contributed by atoms with van der Waals surface area (Å²) in [7, 11) is 5.00. The van der Waals surface area contributed by atoms with Gasteiger partial charge in [-0.25, -0.2) is 15.0 Å². The quantitative estimate of drug-likeness (QED) is 0.760. The van der Waals surface area contributed by atoms with Gasteiger partial charge in [-0.2, -0.15) is 0 Å². The fourth-order valence-electron chi connectivity index (χ4n) is 2.66. The molecule has 2 aromatic heterocycles. The lowest BCUT2D eigenvalue weighted by molar-refractivity contribution is 0.0827. The number of nitrogens with zero attached hydrogens (tertiary/aromatic N) is 5. The molecule has 4 rings (SSSR count). The number of aliphatic imine (C=N–C) groups is 1. The first-order valence-electron chi connectivity index (χ1n) is 7.87. The number of carbonyl (C=O) groups excluding carboxylic acids is 1. The van der Waals surface area contributed by atoms with Crippen LogP contribution < -0.4 is 10.1 Å². The summed E-state index contributed by atoms with van der Waals surface area (Å²) in [4.78, 5) is 31.5. The molecule has 0 radical (unpaired) electrons. The van der Waals surface area contributed by atoms with E-state index in [0.717, 1.165) is 16.8 Å². The molecule has 132 valence electrons. The molecule has 0 aliphatic carbocycles. The Morgan fingerprint density at radius 1 is 1.31 bits per heavy atom. The number of ether oxygens (including phenoxy) is 1. The van der Waals surface area contributed by atoms with Crippen molar-refractivity contribution < 1.29 is 9.53 Å². The van der Waals surface area contributed by atoms with Gasteiger partial charge in [-0.15, -0.1) is 0 Å². The van der Waals surface area contributed by atoms with Crippen LogP contribution in [0.3, 0.4) is 0 Å². The zero-order valence-electron chi connectivity index (χ0n) is 14.5. The first-order valence-corrected chi connectivity index (χ1v) is 8.69. The molecule has 0 saturated carbocycles. The van der Waals surface area contributed by atoms with E-state index < -0.39 is 0 Å². The smallest absolute Gasteiger partial charge is 0.282 e. The number of rotatable bonds is 4. The summed E-state index contributed by atoms with van der Waals surface area (Å²) < 4.78 is 5.49. The van der Waals surface area contributed by atoms with Crippen molar-refractivity contribution in [3.8, 4) is 5.75 Å². The molecule has 0 unspecified atom stereocenters. The topological polar surface area (TPSA) is 92.6 Å². The molecule has 1 aromatic carbocycles. The van der Waals surface area contributed by atoms with E-state index in [9.17, 15) is 4.79 Å². The van der Waals surface area contributed by atoms with E-state index >= 15 is 0 Å². The maximum Gasteiger partial charge on any atom is 0.282 e. The minimum atomic E-state index is -0.162. The van der Waals surface area contributed by atoms with Gasteiger partial charge in [-0.3, -0.25) is 9.79 Å². The number of carbonyl (C=O) groups is 1. The van der Waals surface area contributed by atoms with Gasteiger partial charge in [-0.1, -0.05) is 11.3 Å². The second-order valence-electron chi connectivity index (χ2n) is 5.94. The lowest BCUT2D eigenvalue weighted by Crippen LogP contribution is -2.21. The van der Waals surface area contributed by atoms with Crippen LogP contribution in [-0.4, -0.2) is 53.2 Å². The van der Waals surface area contributed by atoms with Crippen LogP contribution in [0.1, 0.15) is 20.9 Å². The molecule has 0 fully saturated rings. The number of fused-ring (bicyclic) bond motifs is 2. The standard InChI is InChI=1S/C17H16N6O2S/c1-23(2)17(24)16-22-13-14(19-8-20-15(13)26-16)21-11-4-9-6-18-7-10(9)5-12(11)25-3/h4-6,8H,7H2,1-3H3,(H,19,20,21). The maximum absolute atomic E-state index is 12.2. The third-order valence-corrected chi connectivity index (χ3v) is 4.94. The van der Waals surface area contributed by atoms with E-state index in [1.807, 2.05) is 18.3 Å². The molecular weight excluding hydrogens is 352 g/mol. The highest BCUT2D eigenvalue weighted by Crippen LogP contribution is 2.34. The van der Waals surface area contributed by atoms with Gasteiger partial charge in [0.05, 0.1) is 19.3 Å². The number of thiazole rings is 1. The van der Waals surface area contributed by atoms with Gasteiger partial charge >= 0.3 is 0 Å². The molecule has 1 amide bonds. The summed E-state index contributed by atoms with van der Waals surface area (Å²) in [6.07, 6.45) is 3.29.